The highest BCUT2D eigenvalue weighted by atomic mass is 16.5. The second-order valence-electron chi connectivity index (χ2n) is 6.69. The summed E-state index contributed by atoms with van der Waals surface area (Å²) in [6, 6.07) is 0.156. The topological polar surface area (TPSA) is 88.3 Å². The van der Waals surface area contributed by atoms with Gasteiger partial charge in [0.15, 0.2) is 12.4 Å². The molecule has 0 radical (unpaired) electrons. The van der Waals surface area contributed by atoms with Crippen molar-refractivity contribution >= 4 is 17.7 Å². The van der Waals surface area contributed by atoms with Crippen LogP contribution in [0.4, 0.5) is 0 Å². The predicted octanol–water partition coefficient (Wildman–Crippen LogP) is 2.69. The number of ketones is 1. The molecule has 0 spiro atoms. The molecule has 1 saturated carbocycles. The molecule has 1 aliphatic carbocycles. The van der Waals surface area contributed by atoms with Gasteiger partial charge in [0.05, 0.1) is 0 Å². The molecule has 0 aromatic carbocycles. The van der Waals surface area contributed by atoms with E-state index in [1.165, 1.54) is 13.3 Å². The number of hydrogen-bond donors (Lipinski definition) is 2. The van der Waals surface area contributed by atoms with Gasteiger partial charge >= 0.3 is 5.97 Å². The lowest BCUT2D eigenvalue weighted by molar-refractivity contribution is -0.125. The fourth-order valence-electron chi connectivity index (χ4n) is 3.46. The quantitative estimate of drug-likeness (QED) is 0.640. The highest BCUT2D eigenvalue weighted by Crippen LogP contribution is 2.23. The Kier molecular flexibility index (Phi) is 5.80. The molecule has 1 heterocycles. The molecular weight excluding hydrogens is 308 g/mol. The number of carbonyl (C=O) groups excluding carboxylic acids is 3. The molecule has 6 heteroatoms. The number of hydrogen-bond acceptors (Lipinski definition) is 4. The summed E-state index contributed by atoms with van der Waals surface area (Å²) in [6.07, 6.45) is 4.40. The molecule has 2 atom stereocenters. The van der Waals surface area contributed by atoms with Crippen LogP contribution in [0.25, 0.3) is 0 Å². The zero-order valence-corrected chi connectivity index (χ0v) is 14.8. The van der Waals surface area contributed by atoms with E-state index < -0.39 is 5.97 Å². The van der Waals surface area contributed by atoms with E-state index in [0.29, 0.717) is 22.7 Å². The van der Waals surface area contributed by atoms with Crippen molar-refractivity contribution in [3.63, 3.8) is 0 Å². The SMILES string of the molecule is CC(=O)c1c(C)[nH]c(C(=O)OCC(=O)N[C@H]2CCCC[C@H]2C)c1C. The Morgan fingerprint density at radius 3 is 2.46 bits per heavy atom. The van der Waals surface area contributed by atoms with Crippen LogP contribution in [0.5, 0.6) is 0 Å². The van der Waals surface area contributed by atoms with Gasteiger partial charge in [0.2, 0.25) is 0 Å². The highest BCUT2D eigenvalue weighted by molar-refractivity contribution is 6.01. The first-order valence-electron chi connectivity index (χ1n) is 8.47. The normalized spacial score (nSPS) is 20.5. The number of esters is 1. The zero-order valence-electron chi connectivity index (χ0n) is 14.8. The lowest BCUT2D eigenvalue weighted by Gasteiger charge is -2.29. The van der Waals surface area contributed by atoms with Gasteiger partial charge in [-0.3, -0.25) is 9.59 Å². The number of ether oxygens (including phenoxy) is 1. The van der Waals surface area contributed by atoms with Gasteiger partial charge in [0.25, 0.3) is 5.91 Å². The van der Waals surface area contributed by atoms with Gasteiger partial charge in [-0.15, -0.1) is 0 Å². The maximum atomic E-state index is 12.2. The van der Waals surface area contributed by atoms with Gasteiger partial charge in [0, 0.05) is 17.3 Å². The fourth-order valence-corrected chi connectivity index (χ4v) is 3.46. The van der Waals surface area contributed by atoms with E-state index >= 15 is 0 Å². The smallest absolute Gasteiger partial charge is 0.355 e. The lowest BCUT2D eigenvalue weighted by atomic mass is 9.86. The minimum absolute atomic E-state index is 0.107. The molecule has 24 heavy (non-hydrogen) atoms. The number of aromatic amines is 1. The van der Waals surface area contributed by atoms with Crippen LogP contribution in [-0.4, -0.2) is 35.3 Å². The largest absolute Gasteiger partial charge is 0.451 e. The van der Waals surface area contributed by atoms with Crippen molar-refractivity contribution in [3.05, 3.63) is 22.5 Å². The standard InChI is InChI=1S/C18H26N2O4/c1-10-7-5-6-8-14(10)20-15(22)9-24-18(23)17-11(2)16(13(4)21)12(3)19-17/h10,14,19H,5-9H2,1-4H3,(H,20,22)/t10-,14+/m1/s1. The van der Waals surface area contributed by atoms with Gasteiger partial charge < -0.3 is 15.0 Å². The van der Waals surface area contributed by atoms with E-state index in [2.05, 4.69) is 17.2 Å². The number of rotatable bonds is 5. The summed E-state index contributed by atoms with van der Waals surface area (Å²) in [6.45, 7) is 6.70. The van der Waals surface area contributed by atoms with Gasteiger partial charge in [0.1, 0.15) is 5.69 Å². The Labute approximate surface area is 142 Å². The molecule has 0 bridgehead atoms. The monoisotopic (exact) mass is 334 g/mol. The molecule has 6 nitrogen and oxygen atoms in total. The van der Waals surface area contributed by atoms with E-state index in [0.717, 1.165) is 19.3 Å². The molecule has 1 aromatic heterocycles. The number of carbonyl (C=O) groups is 3. The van der Waals surface area contributed by atoms with E-state index in [-0.39, 0.29) is 30.0 Å². The second kappa shape index (κ2) is 7.64. The summed E-state index contributed by atoms with van der Waals surface area (Å²) in [4.78, 5) is 38.7. The third kappa shape index (κ3) is 4.04. The van der Waals surface area contributed by atoms with Gasteiger partial charge in [-0.1, -0.05) is 19.8 Å². The van der Waals surface area contributed by atoms with Crippen LogP contribution >= 0.6 is 0 Å². The Morgan fingerprint density at radius 1 is 1.21 bits per heavy atom. The maximum absolute atomic E-state index is 12.2. The van der Waals surface area contributed by atoms with Crippen LogP contribution in [0.2, 0.25) is 0 Å². The van der Waals surface area contributed by atoms with Crippen molar-refractivity contribution in [3.8, 4) is 0 Å². The molecule has 1 fully saturated rings. The molecule has 0 saturated heterocycles. The van der Waals surface area contributed by atoms with Crippen LogP contribution in [0, 0.1) is 19.8 Å². The van der Waals surface area contributed by atoms with Crippen molar-refractivity contribution in [2.24, 2.45) is 5.92 Å². The summed E-state index contributed by atoms with van der Waals surface area (Å²) in [5, 5.41) is 2.94. The Bertz CT molecular complexity index is 648. The lowest BCUT2D eigenvalue weighted by Crippen LogP contribution is -2.42. The molecule has 1 aromatic rings. The molecule has 2 rings (SSSR count). The summed E-state index contributed by atoms with van der Waals surface area (Å²) >= 11 is 0. The second-order valence-corrected chi connectivity index (χ2v) is 6.69. The van der Waals surface area contributed by atoms with Crippen LogP contribution in [-0.2, 0) is 9.53 Å². The van der Waals surface area contributed by atoms with Crippen LogP contribution in [0.15, 0.2) is 0 Å². The summed E-state index contributed by atoms with van der Waals surface area (Å²) in [5.74, 6) is -0.557. The molecule has 132 valence electrons. The first-order valence-corrected chi connectivity index (χ1v) is 8.47. The van der Waals surface area contributed by atoms with Gasteiger partial charge in [-0.2, -0.15) is 0 Å². The molecule has 1 aliphatic rings. The van der Waals surface area contributed by atoms with Crippen molar-refractivity contribution in [2.75, 3.05) is 6.61 Å². The Balaban J connectivity index is 1.92. The number of Topliss-reactive ketones (excluding diaryl/α,β-unsaturated/α-hetero) is 1. The summed E-state index contributed by atoms with van der Waals surface area (Å²) in [7, 11) is 0. The molecular formula is C18H26N2O4. The molecule has 1 amide bonds. The van der Waals surface area contributed by atoms with Crippen molar-refractivity contribution in [1.29, 1.82) is 0 Å². The van der Waals surface area contributed by atoms with Crippen LogP contribution in [0.3, 0.4) is 0 Å². The minimum atomic E-state index is -0.616. The number of nitrogens with one attached hydrogen (secondary N) is 2. The first-order chi connectivity index (χ1) is 11.3. The fraction of sp³-hybridized carbons (Fsp3) is 0.611. The van der Waals surface area contributed by atoms with Gasteiger partial charge in [-0.25, -0.2) is 4.79 Å². The molecule has 0 aliphatic heterocycles. The number of H-pyrrole nitrogens is 1. The van der Waals surface area contributed by atoms with Crippen molar-refractivity contribution < 1.29 is 19.1 Å². The van der Waals surface area contributed by atoms with E-state index in [1.807, 2.05) is 0 Å². The average Bonchev–Trinajstić information content (AvgIpc) is 2.82. The number of aryl methyl sites for hydroxylation is 1. The summed E-state index contributed by atoms with van der Waals surface area (Å²) in [5.41, 5.74) is 1.93. The predicted molar refractivity (Wildman–Crippen MR) is 90.1 cm³/mol. The van der Waals surface area contributed by atoms with E-state index in [9.17, 15) is 14.4 Å². The molecule has 2 N–H and O–H groups in total. The van der Waals surface area contributed by atoms with Crippen molar-refractivity contribution in [1.82, 2.24) is 10.3 Å². The molecule has 0 unspecified atom stereocenters. The van der Waals surface area contributed by atoms with Crippen LogP contribution in [0.1, 0.15) is 71.6 Å². The van der Waals surface area contributed by atoms with Gasteiger partial charge in [-0.05, 0) is 45.1 Å². The number of amides is 1. The minimum Gasteiger partial charge on any atom is -0.451 e. The highest BCUT2D eigenvalue weighted by Gasteiger charge is 2.24. The summed E-state index contributed by atoms with van der Waals surface area (Å²) < 4.78 is 5.10. The van der Waals surface area contributed by atoms with E-state index in [4.69, 9.17) is 4.74 Å². The van der Waals surface area contributed by atoms with E-state index in [1.54, 1.807) is 13.8 Å². The Hall–Kier alpha value is -2.11. The maximum Gasteiger partial charge on any atom is 0.355 e. The van der Waals surface area contributed by atoms with Crippen LogP contribution < -0.4 is 5.32 Å². The number of aromatic nitrogens is 1. The Morgan fingerprint density at radius 2 is 1.88 bits per heavy atom. The average molecular weight is 334 g/mol. The third-order valence-corrected chi connectivity index (χ3v) is 4.79. The van der Waals surface area contributed by atoms with Crippen molar-refractivity contribution in [2.45, 2.75) is 59.4 Å². The zero-order chi connectivity index (χ0) is 17.9. The first kappa shape index (κ1) is 18.2. The third-order valence-electron chi connectivity index (χ3n) is 4.79.